The average molecular weight is 410 g/mol. The predicted octanol–water partition coefficient (Wildman–Crippen LogP) is 3.81. The molecular weight excluding hydrogens is 388 g/mol. The summed E-state index contributed by atoms with van der Waals surface area (Å²) in [5.74, 6) is 0.0932. The van der Waals surface area contributed by atoms with E-state index in [-0.39, 0.29) is 5.91 Å². The zero-order valence-corrected chi connectivity index (χ0v) is 16.8. The van der Waals surface area contributed by atoms with E-state index < -0.39 is 10.0 Å². The normalized spacial score (nSPS) is 17.6. The van der Waals surface area contributed by atoms with Crippen LogP contribution >= 0.6 is 0 Å². The molecule has 2 aliphatic rings. The Balaban J connectivity index is 1.44. The molecule has 2 aliphatic heterocycles. The van der Waals surface area contributed by atoms with E-state index in [1.54, 1.807) is 33.5 Å². The van der Waals surface area contributed by atoms with E-state index in [0.717, 1.165) is 35.9 Å². The number of fused-ring (bicyclic) bond motifs is 2. The van der Waals surface area contributed by atoms with Crippen LogP contribution in [0.4, 0.5) is 5.69 Å². The van der Waals surface area contributed by atoms with Crippen LogP contribution in [0.25, 0.3) is 11.0 Å². The van der Waals surface area contributed by atoms with Crippen molar-refractivity contribution in [1.29, 1.82) is 0 Å². The van der Waals surface area contributed by atoms with Crippen LogP contribution in [-0.4, -0.2) is 38.3 Å². The second-order valence-corrected chi connectivity index (χ2v) is 9.55. The average Bonchev–Trinajstić information content (AvgIpc) is 3.37. The minimum absolute atomic E-state index is 0.202. The van der Waals surface area contributed by atoms with Gasteiger partial charge < -0.3 is 9.32 Å². The predicted molar refractivity (Wildman–Crippen MR) is 111 cm³/mol. The lowest BCUT2D eigenvalue weighted by Gasteiger charge is -2.26. The molecule has 7 heteroatoms. The monoisotopic (exact) mass is 410 g/mol. The Morgan fingerprint density at radius 1 is 0.931 bits per heavy atom. The maximum atomic E-state index is 13.0. The summed E-state index contributed by atoms with van der Waals surface area (Å²) in [5, 5.41) is 0.887. The van der Waals surface area contributed by atoms with Crippen LogP contribution in [0.2, 0.25) is 0 Å². The van der Waals surface area contributed by atoms with Gasteiger partial charge in [-0.15, -0.1) is 0 Å². The first-order valence-electron chi connectivity index (χ1n) is 9.97. The molecule has 3 heterocycles. The van der Waals surface area contributed by atoms with Crippen molar-refractivity contribution in [3.05, 3.63) is 59.9 Å². The number of hydrogen-bond acceptors (Lipinski definition) is 4. The third kappa shape index (κ3) is 3.14. The lowest BCUT2D eigenvalue weighted by atomic mass is 10.2. The van der Waals surface area contributed by atoms with Crippen molar-refractivity contribution >= 4 is 32.6 Å². The van der Waals surface area contributed by atoms with Gasteiger partial charge in [0.05, 0.1) is 4.90 Å². The Morgan fingerprint density at radius 3 is 2.52 bits per heavy atom. The lowest BCUT2D eigenvalue weighted by Crippen LogP contribution is -2.35. The Bertz CT molecular complexity index is 1160. The van der Waals surface area contributed by atoms with Crippen molar-refractivity contribution in [3.8, 4) is 0 Å². The number of carbonyl (C=O) groups excluding carboxylic acids is 1. The van der Waals surface area contributed by atoms with E-state index in [1.807, 2.05) is 24.3 Å². The van der Waals surface area contributed by atoms with Crippen LogP contribution in [0.15, 0.2) is 57.8 Å². The highest BCUT2D eigenvalue weighted by atomic mass is 32.2. The summed E-state index contributed by atoms with van der Waals surface area (Å²) < 4.78 is 33.2. The summed E-state index contributed by atoms with van der Waals surface area (Å²) in [5.41, 5.74) is 2.32. The molecular formula is C22H22N2O4S. The van der Waals surface area contributed by atoms with Gasteiger partial charge in [-0.3, -0.25) is 4.79 Å². The fourth-order valence-electron chi connectivity index (χ4n) is 4.22. The molecule has 0 bridgehead atoms. The molecule has 1 aromatic heterocycles. The third-order valence-electron chi connectivity index (χ3n) is 5.78. The molecule has 0 saturated carbocycles. The number of nitrogens with zero attached hydrogens (tertiary/aromatic N) is 2. The Kier molecular flexibility index (Phi) is 4.44. The maximum absolute atomic E-state index is 13.0. The second-order valence-electron chi connectivity index (χ2n) is 7.61. The number of anilines is 1. The van der Waals surface area contributed by atoms with E-state index in [2.05, 4.69) is 0 Å². The summed E-state index contributed by atoms with van der Waals surface area (Å²) in [6.45, 7) is 1.67. The summed E-state index contributed by atoms with van der Waals surface area (Å²) in [6.07, 6.45) is 3.52. The number of amides is 1. The van der Waals surface area contributed by atoms with Gasteiger partial charge in [0.15, 0.2) is 5.76 Å². The molecule has 0 N–H and O–H groups in total. The standard InChI is InChI=1S/C22H22N2O4S/c25-22(21-15-17-6-2-3-7-20(17)28-21)24-13-10-16-14-18(8-9-19(16)24)29(26,27)23-11-4-1-5-12-23/h2-3,6-9,14-15H,1,4-5,10-13H2. The molecule has 5 rings (SSSR count). The molecule has 2 aromatic carbocycles. The minimum Gasteiger partial charge on any atom is -0.451 e. The fraction of sp³-hybridized carbons (Fsp3) is 0.318. The minimum atomic E-state index is -3.48. The van der Waals surface area contributed by atoms with Gasteiger partial charge >= 0.3 is 0 Å². The van der Waals surface area contributed by atoms with Gasteiger partial charge in [0.1, 0.15) is 5.58 Å². The molecule has 1 amide bonds. The molecule has 0 unspecified atom stereocenters. The van der Waals surface area contributed by atoms with Gasteiger partial charge in [0.2, 0.25) is 10.0 Å². The molecule has 1 saturated heterocycles. The van der Waals surface area contributed by atoms with Gasteiger partial charge in [0.25, 0.3) is 5.91 Å². The quantitative estimate of drug-likeness (QED) is 0.658. The number of carbonyl (C=O) groups is 1. The van der Waals surface area contributed by atoms with Crippen molar-refractivity contribution in [2.75, 3.05) is 24.5 Å². The topological polar surface area (TPSA) is 70.8 Å². The first-order valence-corrected chi connectivity index (χ1v) is 11.4. The van der Waals surface area contributed by atoms with Gasteiger partial charge in [-0.1, -0.05) is 24.6 Å². The maximum Gasteiger partial charge on any atom is 0.294 e. The van der Waals surface area contributed by atoms with Gasteiger partial charge in [-0.05, 0) is 55.2 Å². The van der Waals surface area contributed by atoms with E-state index in [9.17, 15) is 13.2 Å². The van der Waals surface area contributed by atoms with Crippen molar-refractivity contribution < 1.29 is 17.6 Å². The molecule has 3 aromatic rings. The van der Waals surface area contributed by atoms with Gasteiger partial charge in [0, 0.05) is 30.7 Å². The van der Waals surface area contributed by atoms with Crippen molar-refractivity contribution in [2.24, 2.45) is 0 Å². The van der Waals surface area contributed by atoms with Crippen molar-refractivity contribution in [3.63, 3.8) is 0 Å². The van der Waals surface area contributed by atoms with Crippen LogP contribution in [0.3, 0.4) is 0 Å². The Hall–Kier alpha value is -2.64. The Labute approximate surface area is 169 Å². The number of furan rings is 1. The number of sulfonamides is 1. The van der Waals surface area contributed by atoms with Crippen molar-refractivity contribution in [1.82, 2.24) is 4.31 Å². The highest BCUT2D eigenvalue weighted by Crippen LogP contribution is 2.33. The van der Waals surface area contributed by atoms with E-state index in [0.29, 0.717) is 42.3 Å². The number of benzene rings is 2. The number of para-hydroxylation sites is 1. The van der Waals surface area contributed by atoms with E-state index >= 15 is 0 Å². The van der Waals surface area contributed by atoms with Gasteiger partial charge in [-0.2, -0.15) is 4.31 Å². The zero-order valence-electron chi connectivity index (χ0n) is 16.0. The summed E-state index contributed by atoms with van der Waals surface area (Å²) in [6, 6.07) is 14.4. The molecule has 0 atom stereocenters. The number of hydrogen-bond donors (Lipinski definition) is 0. The lowest BCUT2D eigenvalue weighted by molar-refractivity contribution is 0.0965. The second kappa shape index (κ2) is 7.00. The number of piperidine rings is 1. The highest BCUT2D eigenvalue weighted by molar-refractivity contribution is 7.89. The molecule has 0 spiro atoms. The first kappa shape index (κ1) is 18.4. The molecule has 0 radical (unpaired) electrons. The molecule has 6 nitrogen and oxygen atoms in total. The zero-order chi connectivity index (χ0) is 20.0. The molecule has 1 fully saturated rings. The summed E-state index contributed by atoms with van der Waals surface area (Å²) >= 11 is 0. The van der Waals surface area contributed by atoms with Crippen LogP contribution in [0.1, 0.15) is 35.4 Å². The van der Waals surface area contributed by atoms with Crippen LogP contribution in [0.5, 0.6) is 0 Å². The van der Waals surface area contributed by atoms with Crippen LogP contribution in [-0.2, 0) is 16.4 Å². The first-order chi connectivity index (χ1) is 14.0. The molecule has 150 valence electrons. The van der Waals surface area contributed by atoms with Gasteiger partial charge in [-0.25, -0.2) is 8.42 Å². The molecule has 29 heavy (non-hydrogen) atoms. The Morgan fingerprint density at radius 2 is 1.72 bits per heavy atom. The SMILES string of the molecule is O=C(c1cc2ccccc2o1)N1CCc2cc(S(=O)(=O)N3CCCCC3)ccc21. The van der Waals surface area contributed by atoms with E-state index in [1.165, 1.54) is 0 Å². The molecule has 0 aliphatic carbocycles. The van der Waals surface area contributed by atoms with Crippen molar-refractivity contribution in [2.45, 2.75) is 30.6 Å². The smallest absolute Gasteiger partial charge is 0.294 e. The summed E-state index contributed by atoms with van der Waals surface area (Å²) in [4.78, 5) is 15.0. The van der Waals surface area contributed by atoms with Crippen LogP contribution < -0.4 is 4.90 Å². The fourth-order valence-corrected chi connectivity index (χ4v) is 5.79. The summed E-state index contributed by atoms with van der Waals surface area (Å²) in [7, 11) is -3.48. The number of rotatable bonds is 3. The largest absolute Gasteiger partial charge is 0.451 e. The third-order valence-corrected chi connectivity index (χ3v) is 7.68. The highest BCUT2D eigenvalue weighted by Gasteiger charge is 2.31. The van der Waals surface area contributed by atoms with E-state index in [4.69, 9.17) is 4.42 Å². The van der Waals surface area contributed by atoms with Crippen LogP contribution in [0, 0.1) is 0 Å².